The van der Waals surface area contributed by atoms with Crippen molar-refractivity contribution >= 4 is 17.3 Å². The third kappa shape index (κ3) is 6.79. The van der Waals surface area contributed by atoms with Crippen LogP contribution < -0.4 is 24.8 Å². The molecule has 0 atom stereocenters. The summed E-state index contributed by atoms with van der Waals surface area (Å²) in [7, 11) is 0. The first-order chi connectivity index (χ1) is 15.4. The largest absolute Gasteiger partial charge is 0.455 e. The minimum Gasteiger partial charge on any atom is -0.455 e. The minimum atomic E-state index is -3.20. The normalized spacial score (nSPS) is 10.7. The third-order valence-corrected chi connectivity index (χ3v) is 3.97. The van der Waals surface area contributed by atoms with Gasteiger partial charge in [-0.2, -0.15) is 17.6 Å². The van der Waals surface area contributed by atoms with Crippen LogP contribution in [0.1, 0.15) is 0 Å². The van der Waals surface area contributed by atoms with Gasteiger partial charge in [0, 0.05) is 6.07 Å². The second-order valence-corrected chi connectivity index (χ2v) is 6.23. The topological polar surface area (TPSA) is 68.8 Å². The Bertz CT molecular complexity index is 1040. The molecular weight excluding hydrogens is 432 g/mol. The van der Waals surface area contributed by atoms with Crippen molar-refractivity contribution in [3.8, 4) is 23.0 Å². The summed E-state index contributed by atoms with van der Waals surface area (Å²) < 4.78 is 64.3. The number of amides is 1. The van der Waals surface area contributed by atoms with Crippen molar-refractivity contribution in [3.05, 3.63) is 72.8 Å². The van der Waals surface area contributed by atoms with Gasteiger partial charge in [0.05, 0.1) is 17.9 Å². The third-order valence-electron chi connectivity index (χ3n) is 3.97. The van der Waals surface area contributed by atoms with Gasteiger partial charge < -0.3 is 24.8 Å². The van der Waals surface area contributed by atoms with E-state index in [1.54, 1.807) is 48.5 Å². The monoisotopic (exact) mass is 450 g/mol. The molecule has 0 saturated heterocycles. The maximum atomic E-state index is 12.7. The van der Waals surface area contributed by atoms with Gasteiger partial charge in [-0.3, -0.25) is 4.79 Å². The van der Waals surface area contributed by atoms with Crippen LogP contribution in [0.15, 0.2) is 72.8 Å². The van der Waals surface area contributed by atoms with Gasteiger partial charge in [-0.15, -0.1) is 0 Å². The molecule has 0 fully saturated rings. The lowest BCUT2D eigenvalue weighted by atomic mass is 10.2. The highest BCUT2D eigenvalue weighted by Crippen LogP contribution is 2.32. The molecule has 0 radical (unpaired) electrons. The molecule has 32 heavy (non-hydrogen) atoms. The van der Waals surface area contributed by atoms with Crippen LogP contribution in [0.3, 0.4) is 0 Å². The zero-order valence-corrected chi connectivity index (χ0v) is 16.4. The predicted octanol–water partition coefficient (Wildman–Crippen LogP) is 5.73. The van der Waals surface area contributed by atoms with E-state index >= 15 is 0 Å². The summed E-state index contributed by atoms with van der Waals surface area (Å²) >= 11 is 0. The second-order valence-electron chi connectivity index (χ2n) is 6.23. The molecule has 2 N–H and O–H groups in total. The van der Waals surface area contributed by atoms with Crippen LogP contribution in [0, 0.1) is 0 Å². The Morgan fingerprint density at radius 2 is 1.44 bits per heavy atom. The van der Waals surface area contributed by atoms with Crippen molar-refractivity contribution in [3.63, 3.8) is 0 Å². The first-order valence-electron chi connectivity index (χ1n) is 9.30. The number of nitrogens with one attached hydrogen (secondary N) is 2. The van der Waals surface area contributed by atoms with E-state index in [9.17, 15) is 22.4 Å². The van der Waals surface area contributed by atoms with Gasteiger partial charge in [-0.1, -0.05) is 30.3 Å². The molecular formula is C22H18F4N2O4. The van der Waals surface area contributed by atoms with Crippen molar-refractivity contribution in [2.24, 2.45) is 0 Å². The number of hydrogen-bond acceptors (Lipinski definition) is 5. The number of anilines is 2. The molecule has 0 aliphatic rings. The van der Waals surface area contributed by atoms with Gasteiger partial charge in [-0.05, 0) is 36.4 Å². The van der Waals surface area contributed by atoms with Crippen LogP contribution in [-0.2, 0) is 4.79 Å². The Morgan fingerprint density at radius 3 is 2.16 bits per heavy atom. The Kier molecular flexibility index (Phi) is 7.74. The summed E-state index contributed by atoms with van der Waals surface area (Å²) in [4.78, 5) is 12.4. The number of halogens is 4. The summed E-state index contributed by atoms with van der Waals surface area (Å²) in [5.74, 6) is -0.337. The molecule has 0 aliphatic heterocycles. The van der Waals surface area contributed by atoms with E-state index in [4.69, 9.17) is 4.74 Å². The van der Waals surface area contributed by atoms with Crippen LogP contribution in [0.5, 0.6) is 23.0 Å². The lowest BCUT2D eigenvalue weighted by Gasteiger charge is -2.15. The molecule has 1 amide bonds. The summed E-state index contributed by atoms with van der Waals surface area (Å²) in [5.41, 5.74) is 0.392. The predicted molar refractivity (Wildman–Crippen MR) is 110 cm³/mol. The highest BCUT2D eigenvalue weighted by Gasteiger charge is 2.15. The molecule has 168 valence electrons. The van der Waals surface area contributed by atoms with Crippen molar-refractivity contribution < 1.29 is 36.6 Å². The number of carbonyl (C=O) groups is 1. The van der Waals surface area contributed by atoms with Gasteiger partial charge in [0.25, 0.3) is 0 Å². The fraction of sp³-hybridized carbons (Fsp3) is 0.136. The van der Waals surface area contributed by atoms with Crippen LogP contribution in [-0.4, -0.2) is 25.7 Å². The van der Waals surface area contributed by atoms with E-state index in [0.717, 1.165) is 12.1 Å². The molecule has 10 heteroatoms. The van der Waals surface area contributed by atoms with Gasteiger partial charge in [-0.25, -0.2) is 0 Å². The molecule has 0 bridgehead atoms. The van der Waals surface area contributed by atoms with E-state index in [2.05, 4.69) is 20.1 Å². The Hall–Kier alpha value is -3.95. The van der Waals surface area contributed by atoms with Crippen LogP contribution in [0.25, 0.3) is 0 Å². The average molecular weight is 450 g/mol. The number of rotatable bonds is 10. The molecule has 3 aromatic carbocycles. The average Bonchev–Trinajstić information content (AvgIpc) is 2.74. The zero-order chi connectivity index (χ0) is 22.9. The zero-order valence-electron chi connectivity index (χ0n) is 16.4. The minimum absolute atomic E-state index is 0.00381. The number of benzene rings is 3. The molecule has 0 heterocycles. The molecule has 0 aliphatic carbocycles. The Labute approximate surface area is 180 Å². The van der Waals surface area contributed by atoms with E-state index in [0.29, 0.717) is 17.2 Å². The maximum Gasteiger partial charge on any atom is 0.387 e. The number of hydrogen-bond donors (Lipinski definition) is 2. The Balaban J connectivity index is 1.66. The number of ether oxygens (including phenoxy) is 3. The molecule has 0 aromatic heterocycles. The molecule has 3 aromatic rings. The fourth-order valence-electron chi connectivity index (χ4n) is 2.66. The highest BCUT2D eigenvalue weighted by molar-refractivity contribution is 5.95. The SMILES string of the molecule is O=C(CNc1ccc(OC(F)F)cc1OC(F)F)Nc1ccccc1Oc1ccccc1. The van der Waals surface area contributed by atoms with Crippen LogP contribution in [0.4, 0.5) is 28.9 Å². The van der Waals surface area contributed by atoms with E-state index < -0.39 is 24.9 Å². The van der Waals surface area contributed by atoms with Crippen LogP contribution in [0.2, 0.25) is 0 Å². The van der Waals surface area contributed by atoms with E-state index in [1.165, 1.54) is 6.07 Å². The lowest BCUT2D eigenvalue weighted by Crippen LogP contribution is -2.22. The number of alkyl halides is 4. The first kappa shape index (κ1) is 22.7. The standard InChI is InChI=1S/C22H18F4N2O4/c23-21(24)31-15-10-11-16(19(12-15)32-22(25)26)27-13-20(29)28-17-8-4-5-9-18(17)30-14-6-2-1-3-7-14/h1-12,21-22,27H,13H2,(H,28,29). The van der Waals surface area contributed by atoms with Gasteiger partial charge in [0.2, 0.25) is 5.91 Å². The molecule has 0 unspecified atom stereocenters. The first-order valence-corrected chi connectivity index (χ1v) is 9.30. The van der Waals surface area contributed by atoms with Gasteiger partial charge >= 0.3 is 13.2 Å². The van der Waals surface area contributed by atoms with E-state index in [1.807, 2.05) is 6.07 Å². The van der Waals surface area contributed by atoms with E-state index in [-0.39, 0.29) is 18.0 Å². The smallest absolute Gasteiger partial charge is 0.387 e. The van der Waals surface area contributed by atoms with Crippen molar-refractivity contribution in [2.45, 2.75) is 13.2 Å². The van der Waals surface area contributed by atoms with Crippen LogP contribution >= 0.6 is 0 Å². The van der Waals surface area contributed by atoms with Crippen molar-refractivity contribution in [1.29, 1.82) is 0 Å². The fourth-order valence-corrected chi connectivity index (χ4v) is 2.66. The molecule has 0 spiro atoms. The summed E-state index contributed by atoms with van der Waals surface area (Å²) in [6, 6.07) is 18.9. The number of carbonyl (C=O) groups excluding carboxylic acids is 1. The maximum absolute atomic E-state index is 12.7. The van der Waals surface area contributed by atoms with Crippen molar-refractivity contribution in [1.82, 2.24) is 0 Å². The second kappa shape index (κ2) is 10.9. The Morgan fingerprint density at radius 1 is 0.750 bits per heavy atom. The van der Waals surface area contributed by atoms with Gasteiger partial charge in [0.1, 0.15) is 11.5 Å². The molecule has 0 saturated carbocycles. The molecule has 3 rings (SSSR count). The molecule has 6 nitrogen and oxygen atoms in total. The highest BCUT2D eigenvalue weighted by atomic mass is 19.3. The summed E-state index contributed by atoms with van der Waals surface area (Å²) in [6.45, 7) is -6.65. The number of para-hydroxylation sites is 3. The lowest BCUT2D eigenvalue weighted by molar-refractivity contribution is -0.114. The summed E-state index contributed by atoms with van der Waals surface area (Å²) in [5, 5.41) is 5.29. The summed E-state index contributed by atoms with van der Waals surface area (Å²) in [6.07, 6.45) is 0. The van der Waals surface area contributed by atoms with Crippen molar-refractivity contribution in [2.75, 3.05) is 17.2 Å². The quantitative estimate of drug-likeness (QED) is 0.386. The van der Waals surface area contributed by atoms with Gasteiger partial charge in [0.15, 0.2) is 11.5 Å².